The Bertz CT molecular complexity index is 583. The normalized spacial score (nSPS) is 21.8. The van der Waals surface area contributed by atoms with Crippen molar-refractivity contribution in [1.29, 1.82) is 0 Å². The van der Waals surface area contributed by atoms with Gasteiger partial charge in [0.1, 0.15) is 0 Å². The van der Waals surface area contributed by atoms with Crippen molar-refractivity contribution >= 4 is 33.0 Å². The first-order valence-corrected chi connectivity index (χ1v) is 7.85. The lowest BCUT2D eigenvalue weighted by Gasteiger charge is -2.11. The first kappa shape index (κ1) is 13.4. The van der Waals surface area contributed by atoms with Crippen LogP contribution in [0.15, 0.2) is 18.2 Å². The number of hydrogen-bond donors (Lipinski definition) is 1. The zero-order valence-electron chi connectivity index (χ0n) is 9.94. The third-order valence-electron chi connectivity index (χ3n) is 3.05. The average molecular weight is 288 g/mol. The van der Waals surface area contributed by atoms with E-state index in [1.54, 1.807) is 18.2 Å². The van der Waals surface area contributed by atoms with Gasteiger partial charge in [0, 0.05) is 10.7 Å². The fourth-order valence-corrected chi connectivity index (χ4v) is 3.97. The summed E-state index contributed by atoms with van der Waals surface area (Å²) >= 11 is 5.83. The van der Waals surface area contributed by atoms with Gasteiger partial charge in [0.05, 0.1) is 17.4 Å². The van der Waals surface area contributed by atoms with Gasteiger partial charge in [-0.2, -0.15) is 0 Å². The zero-order valence-corrected chi connectivity index (χ0v) is 11.5. The van der Waals surface area contributed by atoms with Crippen LogP contribution >= 0.6 is 11.6 Å². The average Bonchev–Trinajstić information content (AvgIpc) is 2.63. The number of sulfone groups is 1. The first-order valence-electron chi connectivity index (χ1n) is 5.65. The van der Waals surface area contributed by atoms with E-state index in [-0.39, 0.29) is 17.4 Å². The van der Waals surface area contributed by atoms with Crippen molar-refractivity contribution in [3.63, 3.8) is 0 Å². The third-order valence-corrected chi connectivity index (χ3v) is 5.05. The molecule has 1 aromatic rings. The van der Waals surface area contributed by atoms with Crippen molar-refractivity contribution in [3.8, 4) is 0 Å². The van der Waals surface area contributed by atoms with E-state index < -0.39 is 15.8 Å². The second kappa shape index (κ2) is 4.90. The Balaban J connectivity index is 2.08. The van der Waals surface area contributed by atoms with E-state index in [9.17, 15) is 13.2 Å². The summed E-state index contributed by atoms with van der Waals surface area (Å²) in [6, 6.07) is 5.16. The number of hydrogen-bond acceptors (Lipinski definition) is 3. The minimum absolute atomic E-state index is 0.0501. The van der Waals surface area contributed by atoms with E-state index in [1.165, 1.54) is 0 Å². The molecule has 1 aliphatic heterocycles. The molecule has 6 heteroatoms. The van der Waals surface area contributed by atoms with Gasteiger partial charge in [-0.25, -0.2) is 8.42 Å². The summed E-state index contributed by atoms with van der Waals surface area (Å²) in [6.07, 6.45) is 0.404. The Morgan fingerprint density at radius 1 is 1.44 bits per heavy atom. The Morgan fingerprint density at radius 2 is 2.17 bits per heavy atom. The van der Waals surface area contributed by atoms with Gasteiger partial charge < -0.3 is 5.32 Å². The van der Waals surface area contributed by atoms with Gasteiger partial charge in [0.2, 0.25) is 5.91 Å². The minimum Gasteiger partial charge on any atom is -0.326 e. The molecule has 0 bridgehead atoms. The molecule has 0 aromatic heterocycles. The van der Waals surface area contributed by atoms with E-state index in [2.05, 4.69) is 5.32 Å². The number of aryl methyl sites for hydroxylation is 1. The Labute approximate surface area is 111 Å². The molecule has 1 fully saturated rings. The highest BCUT2D eigenvalue weighted by Gasteiger charge is 2.33. The van der Waals surface area contributed by atoms with Crippen LogP contribution in [0.1, 0.15) is 12.0 Å². The molecule has 1 heterocycles. The Morgan fingerprint density at radius 3 is 2.72 bits per heavy atom. The fraction of sp³-hybridized carbons (Fsp3) is 0.417. The van der Waals surface area contributed by atoms with Crippen LogP contribution in [0.2, 0.25) is 5.02 Å². The Kier molecular flexibility index (Phi) is 3.64. The number of carbonyl (C=O) groups excluding carboxylic acids is 1. The molecule has 0 radical (unpaired) electrons. The first-order chi connectivity index (χ1) is 8.37. The van der Waals surface area contributed by atoms with Crippen molar-refractivity contribution in [2.24, 2.45) is 5.92 Å². The molecule has 2 rings (SSSR count). The summed E-state index contributed by atoms with van der Waals surface area (Å²) in [6.45, 7) is 1.84. The van der Waals surface area contributed by atoms with Gasteiger partial charge in [-0.1, -0.05) is 11.6 Å². The van der Waals surface area contributed by atoms with Crippen molar-refractivity contribution < 1.29 is 13.2 Å². The van der Waals surface area contributed by atoms with Crippen LogP contribution in [0.4, 0.5) is 5.69 Å². The second-order valence-electron chi connectivity index (χ2n) is 4.55. The second-order valence-corrected chi connectivity index (χ2v) is 7.21. The molecule has 0 aliphatic carbocycles. The standard InChI is InChI=1S/C12H14ClNO3S/c1-8-6-10(13)2-3-11(8)14-12(15)9-4-5-18(16,17)7-9/h2-3,6,9H,4-5,7H2,1H3,(H,14,15)/t9-/m1/s1. The SMILES string of the molecule is Cc1cc(Cl)ccc1NC(=O)[C@@H]1CCS(=O)(=O)C1. The molecule has 1 aromatic carbocycles. The lowest BCUT2D eigenvalue weighted by molar-refractivity contribution is -0.119. The van der Waals surface area contributed by atoms with Crippen molar-refractivity contribution in [2.45, 2.75) is 13.3 Å². The van der Waals surface area contributed by atoms with Gasteiger partial charge in [-0.05, 0) is 37.1 Å². The molecular weight excluding hydrogens is 274 g/mol. The maximum Gasteiger partial charge on any atom is 0.228 e. The van der Waals surface area contributed by atoms with E-state index in [0.29, 0.717) is 17.1 Å². The summed E-state index contributed by atoms with van der Waals surface area (Å²) in [4.78, 5) is 11.9. The molecule has 1 amide bonds. The molecule has 1 N–H and O–H groups in total. The quantitative estimate of drug-likeness (QED) is 0.905. The van der Waals surface area contributed by atoms with Gasteiger partial charge in [-0.15, -0.1) is 0 Å². The molecule has 98 valence electrons. The topological polar surface area (TPSA) is 63.2 Å². The highest BCUT2D eigenvalue weighted by atomic mass is 35.5. The predicted molar refractivity (Wildman–Crippen MR) is 71.6 cm³/mol. The van der Waals surface area contributed by atoms with Crippen LogP contribution in [0.25, 0.3) is 0 Å². The number of rotatable bonds is 2. The smallest absolute Gasteiger partial charge is 0.228 e. The summed E-state index contributed by atoms with van der Waals surface area (Å²) < 4.78 is 22.6. The number of benzene rings is 1. The number of halogens is 1. The van der Waals surface area contributed by atoms with Crippen LogP contribution in [0.5, 0.6) is 0 Å². The fourth-order valence-electron chi connectivity index (χ4n) is 2.00. The third kappa shape index (κ3) is 3.03. The van der Waals surface area contributed by atoms with E-state index in [1.807, 2.05) is 6.92 Å². The number of anilines is 1. The minimum atomic E-state index is -3.03. The van der Waals surface area contributed by atoms with Crippen LogP contribution in [-0.4, -0.2) is 25.8 Å². The van der Waals surface area contributed by atoms with Crippen LogP contribution in [0, 0.1) is 12.8 Å². The summed E-state index contributed by atoms with van der Waals surface area (Å²) in [5.41, 5.74) is 1.53. The van der Waals surface area contributed by atoms with Crippen molar-refractivity contribution in [2.75, 3.05) is 16.8 Å². The monoisotopic (exact) mass is 287 g/mol. The molecule has 0 saturated carbocycles. The van der Waals surface area contributed by atoms with Crippen molar-refractivity contribution in [3.05, 3.63) is 28.8 Å². The van der Waals surface area contributed by atoms with Gasteiger partial charge in [0.25, 0.3) is 0 Å². The molecule has 1 atom stereocenters. The maximum atomic E-state index is 11.9. The number of carbonyl (C=O) groups is 1. The summed E-state index contributed by atoms with van der Waals surface area (Å²) in [5, 5.41) is 3.36. The van der Waals surface area contributed by atoms with Crippen molar-refractivity contribution in [1.82, 2.24) is 0 Å². The lowest BCUT2D eigenvalue weighted by Crippen LogP contribution is -2.24. The van der Waals surface area contributed by atoms with E-state index >= 15 is 0 Å². The highest BCUT2D eigenvalue weighted by Crippen LogP contribution is 2.23. The van der Waals surface area contributed by atoms with Gasteiger partial charge in [-0.3, -0.25) is 4.79 Å². The van der Waals surface area contributed by atoms with Crippen LogP contribution in [-0.2, 0) is 14.6 Å². The Hall–Kier alpha value is -1.07. The molecular formula is C12H14ClNO3S. The predicted octanol–water partition coefficient (Wildman–Crippen LogP) is 2.02. The number of nitrogens with one attached hydrogen (secondary N) is 1. The van der Waals surface area contributed by atoms with E-state index in [4.69, 9.17) is 11.6 Å². The largest absolute Gasteiger partial charge is 0.326 e. The molecule has 0 unspecified atom stereocenters. The van der Waals surface area contributed by atoms with Crippen LogP contribution < -0.4 is 5.32 Å². The molecule has 1 saturated heterocycles. The zero-order chi connectivity index (χ0) is 13.3. The van der Waals surface area contributed by atoms with Crippen LogP contribution in [0.3, 0.4) is 0 Å². The molecule has 4 nitrogen and oxygen atoms in total. The van der Waals surface area contributed by atoms with E-state index in [0.717, 1.165) is 5.56 Å². The number of amides is 1. The lowest BCUT2D eigenvalue weighted by atomic mass is 10.1. The van der Waals surface area contributed by atoms with Gasteiger partial charge >= 0.3 is 0 Å². The van der Waals surface area contributed by atoms with Gasteiger partial charge in [0.15, 0.2) is 9.84 Å². The molecule has 18 heavy (non-hydrogen) atoms. The molecule has 1 aliphatic rings. The summed E-state index contributed by atoms with van der Waals surface area (Å²) in [5.74, 6) is -0.623. The summed E-state index contributed by atoms with van der Waals surface area (Å²) in [7, 11) is -3.03. The highest BCUT2D eigenvalue weighted by molar-refractivity contribution is 7.91. The maximum absolute atomic E-state index is 11.9. The molecule has 0 spiro atoms.